The minimum absolute atomic E-state index is 0.0227. The van der Waals surface area contributed by atoms with Crippen LogP contribution in [0.25, 0.3) is 10.4 Å². The lowest BCUT2D eigenvalue weighted by molar-refractivity contribution is 0.0558. The second kappa shape index (κ2) is 53.9. The van der Waals surface area contributed by atoms with Gasteiger partial charge in [0.05, 0.1) is 188 Å². The first-order valence-electron chi connectivity index (χ1n) is 45.4. The molecule has 0 bridgehead atoms. The number of aryl methyl sites for hydroxylation is 2. The zero-order valence-corrected chi connectivity index (χ0v) is 87.2. The predicted molar refractivity (Wildman–Crippen MR) is 526 cm³/mol. The van der Waals surface area contributed by atoms with Crippen LogP contribution < -0.4 is 60.7 Å². The molecule has 0 amide bonds. The molecule has 784 valence electrons. The Kier molecular flexibility index (Phi) is 42.8. The molecule has 2 aliphatic carbocycles. The Morgan fingerprint density at radius 2 is 1.03 bits per heavy atom. The number of anilines is 1. The summed E-state index contributed by atoms with van der Waals surface area (Å²) >= 11 is 12.1. The van der Waals surface area contributed by atoms with Gasteiger partial charge in [0.25, 0.3) is 26.8 Å². The summed E-state index contributed by atoms with van der Waals surface area (Å²) in [5.41, 5.74) is 20.8. The monoisotopic (exact) mass is 2230 g/mol. The maximum absolute atomic E-state index is 11.2. The predicted octanol–water partition coefficient (Wildman–Crippen LogP) is 6.07. The summed E-state index contributed by atoms with van der Waals surface area (Å²) in [5.74, 6) is 6.55. The summed E-state index contributed by atoms with van der Waals surface area (Å²) in [7, 11) is -5.86. The number of nitrogens with one attached hydrogen (secondary N) is 1. The Balaban J connectivity index is 0.000000160. The number of ether oxygens (including phenoxy) is 9. The minimum Gasteiger partial charge on any atom is -0.477 e. The van der Waals surface area contributed by atoms with Gasteiger partial charge in [-0.3, -0.25) is 38.0 Å². The summed E-state index contributed by atoms with van der Waals surface area (Å²) in [6, 6.07) is 13.4. The average molecular weight is 2230 g/mol. The molecule has 143 heavy (non-hydrogen) atoms. The Labute approximate surface area is 848 Å². The first kappa shape index (κ1) is 113. The molecule has 22 rings (SSSR count). The third-order valence-electron chi connectivity index (χ3n) is 21.9. The number of aromatic nitrogens is 20. The lowest BCUT2D eigenvalue weighted by Gasteiger charge is -2.23. The van der Waals surface area contributed by atoms with Crippen molar-refractivity contribution in [1.82, 2.24) is 97.0 Å². The van der Waals surface area contributed by atoms with E-state index in [9.17, 15) is 59.1 Å². The number of azide groups is 1. The molecule has 1 aromatic carbocycles. The fraction of sp³-hybridized carbons (Fsp3) is 0.547. The number of sulfonamides is 1. The van der Waals surface area contributed by atoms with Crippen molar-refractivity contribution in [3.05, 3.63) is 183 Å². The lowest BCUT2D eigenvalue weighted by Crippen LogP contribution is -2.34. The van der Waals surface area contributed by atoms with E-state index in [1.165, 1.54) is 134 Å². The zero-order chi connectivity index (χ0) is 104. The second-order valence-corrected chi connectivity index (χ2v) is 42.2. The number of carbonyl (C=O) groups excluding carboxylic acids is 3. The van der Waals surface area contributed by atoms with Crippen LogP contribution in [0.5, 0.6) is 41.2 Å². The molecule has 11 aliphatic rings. The summed E-state index contributed by atoms with van der Waals surface area (Å²) in [5, 5.41) is 65.6. The lowest BCUT2D eigenvalue weighted by atomic mass is 9.99. The highest BCUT2D eigenvalue weighted by atomic mass is 79.9. The number of benzene rings is 1. The number of nitrogens with two attached hydrogens (primary N) is 2. The molecule has 50 nitrogen and oxygen atoms in total. The number of rotatable bonds is 12. The Morgan fingerprint density at radius 1 is 0.580 bits per heavy atom. The molecule has 2 saturated heterocycles. The number of H-pyrrole nitrogens is 1. The maximum atomic E-state index is 11.2. The molecule has 9 aliphatic heterocycles. The van der Waals surface area contributed by atoms with Crippen molar-refractivity contribution < 1.29 is 102 Å². The molecule has 2 fully saturated rings. The van der Waals surface area contributed by atoms with Crippen LogP contribution in [0, 0.1) is 23.7 Å². The number of hydrogen-bond acceptors (Lipinski definition) is 34. The van der Waals surface area contributed by atoms with Crippen molar-refractivity contribution in [2.75, 3.05) is 90.2 Å². The average Bonchev–Trinajstić information content (AvgIpc) is 1.64. The molecule has 0 spiro atoms. The van der Waals surface area contributed by atoms with Crippen LogP contribution in [0.3, 0.4) is 0 Å². The van der Waals surface area contributed by atoms with Gasteiger partial charge in [-0.05, 0) is 111 Å². The van der Waals surface area contributed by atoms with E-state index in [4.69, 9.17) is 80.3 Å². The third-order valence-corrected chi connectivity index (χ3v) is 24.9. The topological polar surface area (TPSA) is 630 Å². The number of halogens is 4. The molecular weight excluding hydrogens is 2110 g/mol. The molecule has 8 N–H and O–H groups in total. The van der Waals surface area contributed by atoms with Crippen LogP contribution in [-0.4, -0.2) is 276 Å². The normalized spacial score (nSPS) is 19.8. The number of nitrogen functional groups attached to an aromatic ring is 1. The van der Waals surface area contributed by atoms with Gasteiger partial charge < -0.3 is 63.7 Å². The SMILES string of the molecule is CC(=O)n1ccc(=O)[nH]1.CC(=O)n1ccc(=O)n1C[C@H](O)CCl.CC(=O)n1ccc(=O)n1C[C@H]1CO1.CC[C@H]1COc2c(Br)cnn2C1.CC[C@H]1COc2c(S(N)(=O)=O)cnn2C1.CS(=O)(=O)Cl.CS(=O)(=O)O[C@@H]1COc2ccnn2C1.C[C@H]1COc2c(Br)cnn2C1.C[C@H]1COc2ccnn2C1.Nc1c2c(cc3c1CCC3)CCC2.OC[C@H]1CO1.O[C@@H]1COc2ccnn2C1.[N-]=[N+]=N[C@H]1COc2ccnn2C1. The van der Waals surface area contributed by atoms with Crippen LogP contribution in [0.1, 0.15) is 111 Å². The Bertz CT molecular complexity index is 6510. The van der Waals surface area contributed by atoms with Gasteiger partial charge in [0, 0.05) is 127 Å². The Hall–Kier alpha value is -11.5. The van der Waals surface area contributed by atoms with Crippen LogP contribution >= 0.6 is 54.1 Å². The molecule has 0 radical (unpaired) electrons. The fourth-order valence-electron chi connectivity index (χ4n) is 14.7. The molecule has 10 aromatic heterocycles. The molecule has 0 unspecified atom stereocenters. The number of fused-ring (bicyclic) bond motifs is 9. The van der Waals surface area contributed by atoms with E-state index in [0.29, 0.717) is 88.7 Å². The van der Waals surface area contributed by atoms with Crippen molar-refractivity contribution >= 4 is 107 Å². The van der Waals surface area contributed by atoms with E-state index in [1.807, 2.05) is 20.1 Å². The van der Waals surface area contributed by atoms with Gasteiger partial charge in [0.15, 0.2) is 4.90 Å². The van der Waals surface area contributed by atoms with E-state index in [0.717, 1.165) is 129 Å². The van der Waals surface area contributed by atoms with E-state index in [-0.39, 0.29) is 89.1 Å². The van der Waals surface area contributed by atoms with Crippen molar-refractivity contribution in [1.29, 1.82) is 0 Å². The number of epoxide rings is 2. The molecule has 11 aromatic rings. The number of aromatic amines is 1. The van der Waals surface area contributed by atoms with Gasteiger partial charge in [-0.1, -0.05) is 38.9 Å². The van der Waals surface area contributed by atoms with E-state index in [2.05, 4.69) is 132 Å². The van der Waals surface area contributed by atoms with Gasteiger partial charge in [-0.2, -0.15) is 44.1 Å². The summed E-state index contributed by atoms with van der Waals surface area (Å²) in [4.78, 5) is 68.1. The van der Waals surface area contributed by atoms with E-state index >= 15 is 0 Å². The van der Waals surface area contributed by atoms with Crippen molar-refractivity contribution in [2.45, 2.75) is 200 Å². The van der Waals surface area contributed by atoms with Gasteiger partial charge >= 0.3 is 0 Å². The number of hydrogen-bond donors (Lipinski definition) is 6. The van der Waals surface area contributed by atoms with Crippen LogP contribution in [-0.2, 0) is 127 Å². The maximum Gasteiger partial charge on any atom is 0.267 e. The number of aliphatic hydroxyl groups excluding tert-OH is 3. The van der Waals surface area contributed by atoms with Crippen molar-refractivity contribution in [2.24, 2.45) is 33.9 Å². The summed E-state index contributed by atoms with van der Waals surface area (Å²) in [6.45, 7) is 24.0. The van der Waals surface area contributed by atoms with Crippen molar-refractivity contribution in [3.63, 3.8) is 0 Å². The fourth-order valence-corrected chi connectivity index (χ4v) is 16.8. The number of primary sulfonamides is 1. The Morgan fingerprint density at radius 3 is 1.49 bits per heavy atom. The third kappa shape index (κ3) is 35.8. The summed E-state index contributed by atoms with van der Waals surface area (Å²) in [6.07, 6.45) is 25.9. The minimum atomic E-state index is -3.73. The highest BCUT2D eigenvalue weighted by molar-refractivity contribution is 9.11. The highest BCUT2D eigenvalue weighted by Crippen LogP contribution is 2.38. The first-order valence-corrected chi connectivity index (χ1v) is 53.6. The second-order valence-electron chi connectivity index (χ2n) is 34.0. The molecule has 19 heterocycles. The number of alkyl halides is 1. The molecule has 10 atom stereocenters. The quantitative estimate of drug-likeness (QED) is 0.0118. The zero-order valence-electron chi connectivity index (χ0n) is 80.0. The number of nitrogens with zero attached hydrogens (tertiary/aromatic N) is 22. The standard InChI is InChI=1S/C12H15N.C8H11BrN2O.C8H11ClN2O3.C8H13N3O3S.C8H10N2O3.C7H9BrN2O.C7H10N2O4S.C7H10N2O.C6H7N5O.C6H8N2O2.C5H6N2O2.C3H6O2.CH3ClO2S/c13-12-10-5-1-3-8(10)7-9-4-2-6-11(9)12;1-2-6-4-11-8(12-5-6)7(9)3-10-11;1-6(12)10-3-2-8(14)11(10)5-7(13)4-9;1-2-6-4-11-8(14-5-6)7(3-10-11)15(9,12)13;1-6(11)9-3-2-8(12)10(9)4-7-5-13-7;1-5-3-10-7(11-4-5)6(8)2-9-10;1-14(10,11)13-6-4-9-7(12-5-6)2-3-8-9;1-6-4-9-7(10-5-6)2-3-8-9;7-10-9-5-3-11-6(12-4-5)1-2-8-11;9-5-3-8-6(10-4-5)1-2-7-8;1-4(8)7-3-2-5(9)6-7;4-1-3-2-5-3;1-5(2,3)4/h7H,1-6,13H2;3,6H,2,4-5H2,1H3;2-3,7,13H,4-5H2,1H3;3,6H,2,4-5H2,1H3,(H2,9,12,13);2-3,7H,4-5H2,1H3;2,5H,3-4H2,1H3;2-3,6H,4-5H2,1H3;2-3,6H,4-5H2,1H3;1-2,5H,3-4H2;1-2,5,9H,3-4H2;2-3H,1H3,(H,6,9);3-4H,1-2H2;1H3/t;6-;7-;6-;7-;5-;2*6-;2*5-;;3-;/m.111010110.0./s1. The largest absolute Gasteiger partial charge is 0.477 e. The van der Waals surface area contributed by atoms with E-state index in [1.54, 1.807) is 74.1 Å². The number of carbonyl (C=O) groups is 3. The molecule has 57 heteroatoms. The van der Waals surface area contributed by atoms with E-state index < -0.39 is 47.5 Å². The van der Waals surface area contributed by atoms with Gasteiger partial charge in [0.1, 0.15) is 44.2 Å². The van der Waals surface area contributed by atoms with Gasteiger partial charge in [-0.25, -0.2) is 78.2 Å². The molecule has 0 saturated carbocycles. The molecular formula is C86H119Br2Cl2N25O25S3. The first-order chi connectivity index (χ1) is 68.0. The van der Waals surface area contributed by atoms with Crippen LogP contribution in [0.15, 0.2) is 144 Å². The van der Waals surface area contributed by atoms with Gasteiger partial charge in [-0.15, -0.1) is 11.6 Å². The van der Waals surface area contributed by atoms with Gasteiger partial charge in [0.2, 0.25) is 78.0 Å². The van der Waals surface area contributed by atoms with Crippen molar-refractivity contribution in [3.8, 4) is 41.2 Å². The van der Waals surface area contributed by atoms with Crippen LogP contribution in [0.2, 0.25) is 0 Å². The summed E-state index contributed by atoms with van der Waals surface area (Å²) < 4.78 is 135. The van der Waals surface area contributed by atoms with Crippen LogP contribution in [0.4, 0.5) is 5.69 Å². The smallest absolute Gasteiger partial charge is 0.267 e. The number of aliphatic hydroxyl groups is 3. The highest BCUT2D eigenvalue weighted by Gasteiger charge is 2.31.